The summed E-state index contributed by atoms with van der Waals surface area (Å²) in [6.45, 7) is 2.10. The first-order valence-corrected chi connectivity index (χ1v) is 6.84. The van der Waals surface area contributed by atoms with Gasteiger partial charge in [-0.1, -0.05) is 29.8 Å². The minimum Gasteiger partial charge on any atom is -0.327 e. The summed E-state index contributed by atoms with van der Waals surface area (Å²) in [6, 6.07) is 12.6. The van der Waals surface area contributed by atoms with Crippen molar-refractivity contribution >= 4 is 15.9 Å². The van der Waals surface area contributed by atoms with Crippen LogP contribution < -0.4 is 5.73 Å². The summed E-state index contributed by atoms with van der Waals surface area (Å²) in [4.78, 5) is 4.35. The highest BCUT2D eigenvalue weighted by atomic mass is 79.9. The van der Waals surface area contributed by atoms with Crippen LogP contribution >= 0.6 is 15.9 Å². The van der Waals surface area contributed by atoms with Crippen LogP contribution in [0.3, 0.4) is 0 Å². The van der Waals surface area contributed by atoms with Crippen molar-refractivity contribution in [3.8, 4) is 0 Å². The number of aryl methyl sites for hydroxylation is 1. The van der Waals surface area contributed by atoms with E-state index in [1.54, 1.807) is 0 Å². The summed E-state index contributed by atoms with van der Waals surface area (Å²) in [5, 5.41) is 0. The van der Waals surface area contributed by atoms with E-state index in [2.05, 4.69) is 52.1 Å². The number of nitrogens with zero attached hydrogens (tertiary/aromatic N) is 1. The molecule has 2 rings (SSSR count). The molecule has 0 fully saturated rings. The van der Waals surface area contributed by atoms with Crippen LogP contribution in [-0.2, 0) is 12.8 Å². The van der Waals surface area contributed by atoms with Crippen LogP contribution in [0.4, 0.5) is 0 Å². The molecule has 0 aliphatic heterocycles. The Balaban J connectivity index is 1.96. The Kier molecular flexibility index (Phi) is 4.50. The third-order valence-corrected chi connectivity index (χ3v) is 3.31. The fourth-order valence-corrected chi connectivity index (χ4v) is 2.24. The summed E-state index contributed by atoms with van der Waals surface area (Å²) >= 11 is 3.38. The molecular formula is C15H17BrN2. The average Bonchev–Trinajstić information content (AvgIpc) is 2.32. The van der Waals surface area contributed by atoms with Crippen LogP contribution in [0.15, 0.2) is 47.1 Å². The van der Waals surface area contributed by atoms with Crippen molar-refractivity contribution in [2.75, 3.05) is 0 Å². The van der Waals surface area contributed by atoms with Gasteiger partial charge in [0.1, 0.15) is 0 Å². The summed E-state index contributed by atoms with van der Waals surface area (Å²) in [5.41, 5.74) is 9.78. The Morgan fingerprint density at radius 3 is 2.72 bits per heavy atom. The van der Waals surface area contributed by atoms with Crippen molar-refractivity contribution in [2.45, 2.75) is 25.8 Å². The Bertz CT molecular complexity index is 508. The first-order chi connectivity index (χ1) is 8.63. The monoisotopic (exact) mass is 304 g/mol. The van der Waals surface area contributed by atoms with Gasteiger partial charge in [-0.3, -0.25) is 4.98 Å². The molecule has 3 heteroatoms. The van der Waals surface area contributed by atoms with Crippen molar-refractivity contribution in [2.24, 2.45) is 5.73 Å². The van der Waals surface area contributed by atoms with Crippen LogP contribution in [0, 0.1) is 6.92 Å². The van der Waals surface area contributed by atoms with Gasteiger partial charge in [-0.25, -0.2) is 0 Å². The van der Waals surface area contributed by atoms with Crippen LogP contribution in [0.5, 0.6) is 0 Å². The summed E-state index contributed by atoms with van der Waals surface area (Å²) in [6.07, 6.45) is 3.51. The standard InChI is InChI=1S/C15H17BrN2/c1-11-3-2-4-12(7-11)8-14(17)9-15-6-5-13(16)10-18-15/h2-7,10,14H,8-9,17H2,1H3. The molecule has 2 aromatic rings. The van der Waals surface area contributed by atoms with E-state index in [0.29, 0.717) is 0 Å². The Labute approximate surface area is 116 Å². The van der Waals surface area contributed by atoms with E-state index in [1.165, 1.54) is 11.1 Å². The molecule has 0 radical (unpaired) electrons. The maximum Gasteiger partial charge on any atom is 0.0420 e. The van der Waals surface area contributed by atoms with Crippen molar-refractivity contribution in [1.82, 2.24) is 4.98 Å². The topological polar surface area (TPSA) is 38.9 Å². The molecule has 0 saturated heterocycles. The van der Waals surface area contributed by atoms with E-state index in [9.17, 15) is 0 Å². The van der Waals surface area contributed by atoms with Crippen molar-refractivity contribution in [3.63, 3.8) is 0 Å². The molecule has 94 valence electrons. The van der Waals surface area contributed by atoms with Crippen LogP contribution in [-0.4, -0.2) is 11.0 Å². The number of rotatable bonds is 4. The zero-order valence-electron chi connectivity index (χ0n) is 10.4. The molecule has 18 heavy (non-hydrogen) atoms. The molecule has 0 aliphatic rings. The van der Waals surface area contributed by atoms with Crippen molar-refractivity contribution < 1.29 is 0 Å². The van der Waals surface area contributed by atoms with Crippen molar-refractivity contribution in [1.29, 1.82) is 0 Å². The quantitative estimate of drug-likeness (QED) is 0.941. The van der Waals surface area contributed by atoms with Crippen LogP contribution in [0.25, 0.3) is 0 Å². The first-order valence-electron chi connectivity index (χ1n) is 6.05. The molecule has 1 unspecified atom stereocenters. The van der Waals surface area contributed by atoms with E-state index in [-0.39, 0.29) is 6.04 Å². The van der Waals surface area contributed by atoms with Gasteiger partial charge < -0.3 is 5.73 Å². The van der Waals surface area contributed by atoms with E-state index in [0.717, 1.165) is 23.0 Å². The normalized spacial score (nSPS) is 12.4. The summed E-state index contributed by atoms with van der Waals surface area (Å²) in [7, 11) is 0. The number of nitrogens with two attached hydrogens (primary N) is 1. The smallest absolute Gasteiger partial charge is 0.0420 e. The van der Waals surface area contributed by atoms with Gasteiger partial charge in [-0.15, -0.1) is 0 Å². The van der Waals surface area contributed by atoms with Gasteiger partial charge in [-0.05, 0) is 47.0 Å². The fourth-order valence-electron chi connectivity index (χ4n) is 2.01. The number of hydrogen-bond acceptors (Lipinski definition) is 2. The van der Waals surface area contributed by atoms with Gasteiger partial charge in [0.25, 0.3) is 0 Å². The molecule has 0 spiro atoms. The van der Waals surface area contributed by atoms with Gasteiger partial charge in [-0.2, -0.15) is 0 Å². The molecule has 1 aromatic heterocycles. The minimum atomic E-state index is 0.112. The zero-order chi connectivity index (χ0) is 13.0. The SMILES string of the molecule is Cc1cccc(CC(N)Cc2ccc(Br)cn2)c1. The van der Waals surface area contributed by atoms with Gasteiger partial charge in [0.2, 0.25) is 0 Å². The van der Waals surface area contributed by atoms with Gasteiger partial charge in [0.05, 0.1) is 0 Å². The Hall–Kier alpha value is -1.19. The lowest BCUT2D eigenvalue weighted by atomic mass is 10.0. The third-order valence-electron chi connectivity index (χ3n) is 2.84. The molecule has 0 bridgehead atoms. The fraction of sp³-hybridized carbons (Fsp3) is 0.267. The van der Waals surface area contributed by atoms with Crippen LogP contribution in [0.1, 0.15) is 16.8 Å². The van der Waals surface area contributed by atoms with E-state index in [1.807, 2.05) is 18.3 Å². The van der Waals surface area contributed by atoms with Gasteiger partial charge in [0.15, 0.2) is 0 Å². The predicted molar refractivity (Wildman–Crippen MR) is 78.5 cm³/mol. The van der Waals surface area contributed by atoms with Crippen molar-refractivity contribution in [3.05, 3.63) is 63.9 Å². The van der Waals surface area contributed by atoms with Crippen LogP contribution in [0.2, 0.25) is 0 Å². The molecule has 1 heterocycles. The lowest BCUT2D eigenvalue weighted by molar-refractivity contribution is 0.654. The third kappa shape index (κ3) is 3.93. The summed E-state index contributed by atoms with van der Waals surface area (Å²) < 4.78 is 0.999. The molecular weight excluding hydrogens is 288 g/mol. The first kappa shape index (κ1) is 13.2. The minimum absolute atomic E-state index is 0.112. The average molecular weight is 305 g/mol. The van der Waals surface area contributed by atoms with Gasteiger partial charge in [0, 0.05) is 28.8 Å². The number of halogens is 1. The number of pyridine rings is 1. The highest BCUT2D eigenvalue weighted by Crippen LogP contribution is 2.11. The molecule has 1 aromatic carbocycles. The largest absolute Gasteiger partial charge is 0.327 e. The van der Waals surface area contributed by atoms with E-state index >= 15 is 0 Å². The second-order valence-electron chi connectivity index (χ2n) is 4.63. The molecule has 0 amide bonds. The highest BCUT2D eigenvalue weighted by Gasteiger charge is 2.06. The highest BCUT2D eigenvalue weighted by molar-refractivity contribution is 9.10. The van der Waals surface area contributed by atoms with E-state index in [4.69, 9.17) is 5.73 Å². The predicted octanol–water partition coefficient (Wildman–Crippen LogP) is 3.27. The lowest BCUT2D eigenvalue weighted by Crippen LogP contribution is -2.25. The second-order valence-corrected chi connectivity index (χ2v) is 5.54. The van der Waals surface area contributed by atoms with E-state index < -0.39 is 0 Å². The maximum absolute atomic E-state index is 6.17. The zero-order valence-corrected chi connectivity index (χ0v) is 12.0. The van der Waals surface area contributed by atoms with Gasteiger partial charge >= 0.3 is 0 Å². The molecule has 2 N–H and O–H groups in total. The molecule has 1 atom stereocenters. The number of benzene rings is 1. The lowest BCUT2D eigenvalue weighted by Gasteiger charge is -2.11. The summed E-state index contributed by atoms with van der Waals surface area (Å²) in [5.74, 6) is 0. The number of aromatic nitrogens is 1. The molecule has 0 aliphatic carbocycles. The Morgan fingerprint density at radius 1 is 1.22 bits per heavy atom. The molecule has 2 nitrogen and oxygen atoms in total. The Morgan fingerprint density at radius 2 is 2.06 bits per heavy atom. The second kappa shape index (κ2) is 6.12. The molecule has 0 saturated carbocycles. The maximum atomic E-state index is 6.17. The number of hydrogen-bond donors (Lipinski definition) is 1.